The second-order valence-electron chi connectivity index (χ2n) is 5.87. The van der Waals surface area contributed by atoms with Crippen molar-refractivity contribution in [2.45, 2.75) is 45.6 Å². The van der Waals surface area contributed by atoms with E-state index in [0.29, 0.717) is 0 Å². The maximum absolute atomic E-state index is 12.5. The van der Waals surface area contributed by atoms with Gasteiger partial charge in [-0.25, -0.2) is 0 Å². The van der Waals surface area contributed by atoms with Gasteiger partial charge in [-0.15, -0.1) is 0 Å². The molecule has 3 nitrogen and oxygen atoms in total. The minimum atomic E-state index is -0.569. The molecule has 0 saturated heterocycles. The fourth-order valence-electron chi connectivity index (χ4n) is 3.63. The van der Waals surface area contributed by atoms with Crippen LogP contribution in [0.4, 0.5) is 0 Å². The predicted molar refractivity (Wildman–Crippen MR) is 72.3 cm³/mol. The van der Waals surface area contributed by atoms with Gasteiger partial charge in [0.25, 0.3) is 0 Å². The quantitative estimate of drug-likeness (QED) is 0.536. The van der Waals surface area contributed by atoms with Crippen LogP contribution in [0.25, 0.3) is 0 Å². The van der Waals surface area contributed by atoms with Crippen LogP contribution in [-0.4, -0.2) is 19.2 Å². The fourth-order valence-corrected chi connectivity index (χ4v) is 3.63. The summed E-state index contributed by atoms with van der Waals surface area (Å²) in [5.74, 6) is 0.876. The van der Waals surface area contributed by atoms with Gasteiger partial charge in [0.15, 0.2) is 0 Å². The van der Waals surface area contributed by atoms with E-state index in [1.165, 1.54) is 18.3 Å². The van der Waals surface area contributed by atoms with Crippen molar-refractivity contribution in [1.29, 1.82) is 0 Å². The van der Waals surface area contributed by atoms with E-state index < -0.39 is 5.41 Å². The summed E-state index contributed by atoms with van der Waals surface area (Å²) in [6.45, 7) is 4.20. The van der Waals surface area contributed by atoms with Crippen LogP contribution in [0.2, 0.25) is 0 Å². The van der Waals surface area contributed by atoms with Crippen LogP contribution in [0.3, 0.4) is 0 Å². The Bertz CT molecular complexity index is 524. The lowest BCUT2D eigenvalue weighted by molar-refractivity contribution is -0.155. The van der Waals surface area contributed by atoms with Gasteiger partial charge in [0.1, 0.15) is 17.3 Å². The van der Waals surface area contributed by atoms with E-state index in [-0.39, 0.29) is 12.1 Å². The predicted octanol–water partition coefficient (Wildman–Crippen LogP) is 3.28. The zero-order valence-corrected chi connectivity index (χ0v) is 11.8. The van der Waals surface area contributed by atoms with E-state index in [2.05, 4.69) is 26.0 Å². The van der Waals surface area contributed by atoms with Gasteiger partial charge >= 0.3 is 5.97 Å². The highest BCUT2D eigenvalue weighted by Gasteiger charge is 2.57. The minimum Gasteiger partial charge on any atom is -0.493 e. The Morgan fingerprint density at radius 3 is 2.89 bits per heavy atom. The molecule has 19 heavy (non-hydrogen) atoms. The summed E-state index contributed by atoms with van der Waals surface area (Å²) in [4.78, 5) is 12.5. The van der Waals surface area contributed by atoms with Crippen LogP contribution in [-0.2, 0) is 14.3 Å². The van der Waals surface area contributed by atoms with Crippen molar-refractivity contribution in [3.05, 3.63) is 34.6 Å². The van der Waals surface area contributed by atoms with Crippen molar-refractivity contribution in [2.75, 3.05) is 7.11 Å². The molecule has 0 aromatic heterocycles. The van der Waals surface area contributed by atoms with Gasteiger partial charge in [-0.05, 0) is 32.3 Å². The molecule has 3 heteroatoms. The van der Waals surface area contributed by atoms with Crippen molar-refractivity contribution in [3.63, 3.8) is 0 Å². The zero-order valence-electron chi connectivity index (χ0n) is 11.8. The largest absolute Gasteiger partial charge is 0.493 e. The summed E-state index contributed by atoms with van der Waals surface area (Å²) in [7, 11) is 1.48. The molecule has 0 fully saturated rings. The highest BCUT2D eigenvalue weighted by atomic mass is 16.5. The van der Waals surface area contributed by atoms with E-state index in [4.69, 9.17) is 9.47 Å². The monoisotopic (exact) mass is 260 g/mol. The van der Waals surface area contributed by atoms with Crippen molar-refractivity contribution in [2.24, 2.45) is 5.41 Å². The molecule has 0 aromatic rings. The molecule has 0 saturated carbocycles. The van der Waals surface area contributed by atoms with Crippen LogP contribution < -0.4 is 0 Å². The van der Waals surface area contributed by atoms with E-state index in [1.54, 1.807) is 0 Å². The van der Waals surface area contributed by atoms with Crippen molar-refractivity contribution in [3.8, 4) is 0 Å². The fraction of sp³-hybridized carbons (Fsp3) is 0.562. The lowest BCUT2D eigenvalue weighted by Crippen LogP contribution is -2.44. The average molecular weight is 260 g/mol. The highest BCUT2D eigenvalue weighted by molar-refractivity contribution is 5.83. The normalized spacial score (nSPS) is 32.9. The molecule has 0 radical (unpaired) electrons. The molecule has 0 N–H and O–H groups in total. The maximum Gasteiger partial charge on any atom is 0.320 e. The Balaban J connectivity index is 2.06. The smallest absolute Gasteiger partial charge is 0.320 e. The molecule has 2 atom stereocenters. The average Bonchev–Trinajstić information content (AvgIpc) is 2.71. The Morgan fingerprint density at radius 2 is 2.16 bits per heavy atom. The maximum atomic E-state index is 12.5. The Hall–Kier alpha value is -1.51. The molecule has 2 aliphatic carbocycles. The topological polar surface area (TPSA) is 35.5 Å². The first-order chi connectivity index (χ1) is 9.07. The van der Waals surface area contributed by atoms with Gasteiger partial charge in [0, 0.05) is 12.8 Å². The van der Waals surface area contributed by atoms with Crippen molar-refractivity contribution < 1.29 is 14.3 Å². The number of allylic oxidation sites excluding steroid dienone is 3. The molecule has 0 spiro atoms. The van der Waals surface area contributed by atoms with Crippen LogP contribution in [0.5, 0.6) is 0 Å². The summed E-state index contributed by atoms with van der Waals surface area (Å²) in [6, 6.07) is 0. The van der Waals surface area contributed by atoms with E-state index in [1.807, 2.05) is 0 Å². The number of carbonyl (C=O) groups is 1. The number of ether oxygens (including phenoxy) is 2. The summed E-state index contributed by atoms with van der Waals surface area (Å²) in [6.07, 6.45) is 7.51. The van der Waals surface area contributed by atoms with Gasteiger partial charge in [-0.1, -0.05) is 23.3 Å². The highest BCUT2D eigenvalue weighted by Crippen LogP contribution is 2.54. The molecule has 1 heterocycles. The molecule has 1 aliphatic heterocycles. The van der Waals surface area contributed by atoms with Crippen molar-refractivity contribution >= 4 is 5.97 Å². The molecule has 0 aromatic carbocycles. The Labute approximate surface area is 114 Å². The lowest BCUT2D eigenvalue weighted by Gasteiger charge is -2.36. The second-order valence-corrected chi connectivity index (χ2v) is 5.87. The first kappa shape index (κ1) is 12.5. The minimum absolute atomic E-state index is 0.0760. The Morgan fingerprint density at radius 1 is 1.37 bits per heavy atom. The van der Waals surface area contributed by atoms with E-state index >= 15 is 0 Å². The van der Waals surface area contributed by atoms with Gasteiger partial charge in [-0.3, -0.25) is 4.79 Å². The summed E-state index contributed by atoms with van der Waals surface area (Å²) in [5, 5.41) is 0. The Kier molecular flexibility index (Phi) is 2.80. The van der Waals surface area contributed by atoms with Gasteiger partial charge in [-0.2, -0.15) is 0 Å². The van der Waals surface area contributed by atoms with E-state index in [0.717, 1.165) is 37.0 Å². The second kappa shape index (κ2) is 4.26. The van der Waals surface area contributed by atoms with Crippen LogP contribution >= 0.6 is 0 Å². The summed E-state index contributed by atoms with van der Waals surface area (Å²) < 4.78 is 11.2. The number of fused-ring (bicyclic) bond motifs is 2. The first-order valence-electron chi connectivity index (χ1n) is 6.86. The third-order valence-corrected chi connectivity index (χ3v) is 4.59. The molecular weight excluding hydrogens is 240 g/mol. The molecule has 3 aliphatic rings. The number of rotatable bonds is 1. The van der Waals surface area contributed by atoms with Gasteiger partial charge in [0.2, 0.25) is 0 Å². The molecule has 102 valence electrons. The summed E-state index contributed by atoms with van der Waals surface area (Å²) in [5.41, 5.74) is 3.16. The summed E-state index contributed by atoms with van der Waals surface area (Å²) >= 11 is 0. The van der Waals surface area contributed by atoms with Crippen LogP contribution in [0, 0.1) is 5.41 Å². The number of methoxy groups -OCH3 is 1. The zero-order chi connectivity index (χ0) is 13.6. The van der Waals surface area contributed by atoms with Gasteiger partial charge < -0.3 is 9.47 Å². The third kappa shape index (κ3) is 1.67. The molecule has 0 amide bonds. The molecule has 3 rings (SSSR count). The molecule has 0 bridgehead atoms. The van der Waals surface area contributed by atoms with E-state index in [9.17, 15) is 4.79 Å². The molecule has 2 unspecified atom stereocenters. The lowest BCUT2D eigenvalue weighted by atomic mass is 9.66. The van der Waals surface area contributed by atoms with Gasteiger partial charge in [0.05, 0.1) is 7.11 Å². The number of hydrogen-bond donors (Lipinski definition) is 0. The van der Waals surface area contributed by atoms with Crippen LogP contribution in [0.1, 0.15) is 39.5 Å². The number of esters is 1. The SMILES string of the molecule is COC(=O)C12CC(C)=CCC1OC1=C2CC=C(C)C1. The third-order valence-electron chi connectivity index (χ3n) is 4.59. The first-order valence-corrected chi connectivity index (χ1v) is 6.86. The standard InChI is InChI=1S/C16H20O3/c1-10-4-6-12-13(8-10)19-14-7-5-11(2)9-16(12,14)15(17)18-3/h4-5,14H,6-9H2,1-3H3. The van der Waals surface area contributed by atoms with Crippen molar-refractivity contribution in [1.82, 2.24) is 0 Å². The van der Waals surface area contributed by atoms with Crippen LogP contribution in [0.15, 0.2) is 34.6 Å². The number of carbonyl (C=O) groups excluding carboxylic acids is 1. The molecular formula is C16H20O3. The number of hydrogen-bond acceptors (Lipinski definition) is 3.